The number of aryl methyl sites for hydroxylation is 1. The third-order valence-electron chi connectivity index (χ3n) is 3.41. The van der Waals surface area contributed by atoms with E-state index in [0.29, 0.717) is 6.54 Å². The summed E-state index contributed by atoms with van der Waals surface area (Å²) in [4.78, 5) is 34.4. The Morgan fingerprint density at radius 3 is 2.62 bits per heavy atom. The van der Waals surface area contributed by atoms with E-state index in [9.17, 15) is 14.4 Å². The van der Waals surface area contributed by atoms with Crippen LogP contribution in [-0.4, -0.2) is 17.7 Å². The topological polar surface area (TPSA) is 75.3 Å². The minimum absolute atomic E-state index is 0.136. The lowest BCUT2D eigenvalue weighted by Gasteiger charge is -2.20. The Bertz CT molecular complexity index is 570. The number of amides is 3. The molecule has 1 heterocycles. The predicted molar refractivity (Wildman–Crippen MR) is 81.2 cm³/mol. The van der Waals surface area contributed by atoms with Gasteiger partial charge in [0.1, 0.15) is 0 Å². The van der Waals surface area contributed by atoms with Crippen LogP contribution < -0.4 is 10.6 Å². The highest BCUT2D eigenvalue weighted by atomic mass is 79.9. The van der Waals surface area contributed by atoms with E-state index in [1.165, 1.54) is 0 Å². The maximum atomic E-state index is 11.9. The van der Waals surface area contributed by atoms with Crippen LogP contribution in [-0.2, 0) is 20.9 Å². The second-order valence-corrected chi connectivity index (χ2v) is 6.16. The van der Waals surface area contributed by atoms with Gasteiger partial charge in [-0.05, 0) is 30.0 Å². The van der Waals surface area contributed by atoms with Crippen molar-refractivity contribution in [1.29, 1.82) is 0 Å². The molecule has 6 heteroatoms. The minimum Gasteiger partial charge on any atom is -0.352 e. The molecule has 2 rings (SSSR count). The lowest BCUT2D eigenvalue weighted by molar-refractivity contribution is -0.135. The number of piperidine rings is 1. The first-order chi connectivity index (χ1) is 9.94. The van der Waals surface area contributed by atoms with Gasteiger partial charge in [-0.25, -0.2) is 0 Å². The van der Waals surface area contributed by atoms with Crippen molar-refractivity contribution in [3.63, 3.8) is 0 Å². The predicted octanol–water partition coefficient (Wildman–Crippen LogP) is 1.82. The maximum absolute atomic E-state index is 11.9. The van der Waals surface area contributed by atoms with Crippen molar-refractivity contribution in [3.05, 3.63) is 33.8 Å². The second-order valence-electron chi connectivity index (χ2n) is 5.31. The van der Waals surface area contributed by atoms with Gasteiger partial charge < -0.3 is 5.32 Å². The van der Waals surface area contributed by atoms with Crippen molar-refractivity contribution in [2.75, 3.05) is 0 Å². The Balaban J connectivity index is 1.83. The Morgan fingerprint density at radius 2 is 2.00 bits per heavy atom. The molecule has 0 bridgehead atoms. The van der Waals surface area contributed by atoms with Gasteiger partial charge in [0.15, 0.2) is 0 Å². The minimum atomic E-state index is -0.299. The van der Waals surface area contributed by atoms with Crippen LogP contribution in [0.4, 0.5) is 0 Å². The van der Waals surface area contributed by atoms with Gasteiger partial charge in [-0.15, -0.1) is 0 Å². The number of hydrogen-bond donors (Lipinski definition) is 2. The van der Waals surface area contributed by atoms with E-state index in [0.717, 1.165) is 15.6 Å². The summed E-state index contributed by atoms with van der Waals surface area (Å²) in [5.41, 5.74) is 2.12. The molecule has 1 aliphatic rings. The van der Waals surface area contributed by atoms with Crippen molar-refractivity contribution in [1.82, 2.24) is 10.6 Å². The number of carbonyl (C=O) groups excluding carboxylic acids is 3. The van der Waals surface area contributed by atoms with Gasteiger partial charge in [0, 0.05) is 30.3 Å². The van der Waals surface area contributed by atoms with E-state index in [4.69, 9.17) is 0 Å². The number of rotatable bonds is 4. The summed E-state index contributed by atoms with van der Waals surface area (Å²) in [7, 11) is 0. The Labute approximate surface area is 131 Å². The summed E-state index contributed by atoms with van der Waals surface area (Å²) in [6.07, 6.45) is 0.668. The molecule has 0 atom stereocenters. The average Bonchev–Trinajstić information content (AvgIpc) is 2.39. The third-order valence-corrected chi connectivity index (χ3v) is 4.30. The van der Waals surface area contributed by atoms with E-state index in [-0.39, 0.29) is 42.9 Å². The molecule has 112 valence electrons. The van der Waals surface area contributed by atoms with Crippen LogP contribution >= 0.6 is 15.9 Å². The second kappa shape index (κ2) is 6.85. The molecule has 21 heavy (non-hydrogen) atoms. The molecule has 0 spiro atoms. The van der Waals surface area contributed by atoms with Gasteiger partial charge in [0.2, 0.25) is 17.7 Å². The number of halogens is 1. The van der Waals surface area contributed by atoms with E-state index in [1.54, 1.807) is 0 Å². The van der Waals surface area contributed by atoms with Crippen LogP contribution in [0.15, 0.2) is 22.7 Å². The molecule has 1 saturated heterocycles. The largest absolute Gasteiger partial charge is 0.352 e. The molecule has 3 amide bonds. The number of benzene rings is 1. The van der Waals surface area contributed by atoms with Gasteiger partial charge in [-0.2, -0.15) is 0 Å². The molecule has 1 aromatic rings. The standard InChI is InChI=1S/C15H17BrN2O3/c1-9-4-10(2-3-12(9)16)8-17-13(19)5-11-6-14(20)18-15(21)7-11/h2-4,11H,5-8H2,1H3,(H,17,19)(H,18,20,21). The van der Waals surface area contributed by atoms with E-state index >= 15 is 0 Å². The van der Waals surface area contributed by atoms with Gasteiger partial charge in [0.05, 0.1) is 0 Å². The number of hydrogen-bond acceptors (Lipinski definition) is 3. The fraction of sp³-hybridized carbons (Fsp3) is 0.400. The monoisotopic (exact) mass is 352 g/mol. The Hall–Kier alpha value is -1.69. The zero-order chi connectivity index (χ0) is 15.4. The summed E-state index contributed by atoms with van der Waals surface area (Å²) in [6.45, 7) is 2.43. The number of carbonyl (C=O) groups is 3. The third kappa shape index (κ3) is 4.67. The molecule has 0 saturated carbocycles. The fourth-order valence-corrected chi connectivity index (χ4v) is 2.60. The van der Waals surface area contributed by atoms with Crippen molar-refractivity contribution < 1.29 is 14.4 Å². The highest BCUT2D eigenvalue weighted by molar-refractivity contribution is 9.10. The summed E-state index contributed by atoms with van der Waals surface area (Å²) < 4.78 is 1.03. The SMILES string of the molecule is Cc1cc(CNC(=O)CC2CC(=O)NC(=O)C2)ccc1Br. The zero-order valence-electron chi connectivity index (χ0n) is 11.7. The van der Waals surface area contributed by atoms with Gasteiger partial charge in [-0.1, -0.05) is 28.1 Å². The van der Waals surface area contributed by atoms with Crippen molar-refractivity contribution in [2.24, 2.45) is 5.92 Å². The summed E-state index contributed by atoms with van der Waals surface area (Å²) in [5.74, 6) is -0.929. The molecule has 0 unspecified atom stereocenters. The summed E-state index contributed by atoms with van der Waals surface area (Å²) in [5, 5.41) is 5.06. The molecule has 2 N–H and O–H groups in total. The van der Waals surface area contributed by atoms with Crippen LogP contribution in [0.3, 0.4) is 0 Å². The van der Waals surface area contributed by atoms with Gasteiger partial charge in [-0.3, -0.25) is 19.7 Å². The molecule has 0 aromatic heterocycles. The smallest absolute Gasteiger partial charge is 0.226 e. The first-order valence-electron chi connectivity index (χ1n) is 6.78. The Morgan fingerprint density at radius 1 is 1.33 bits per heavy atom. The summed E-state index contributed by atoms with van der Waals surface area (Å²) in [6, 6.07) is 5.89. The van der Waals surface area contributed by atoms with E-state index < -0.39 is 0 Å². The normalized spacial score (nSPS) is 15.7. The first kappa shape index (κ1) is 15.7. The summed E-state index contributed by atoms with van der Waals surface area (Å²) >= 11 is 3.43. The zero-order valence-corrected chi connectivity index (χ0v) is 13.3. The Kier molecular flexibility index (Phi) is 5.12. The lowest BCUT2D eigenvalue weighted by atomic mass is 9.93. The van der Waals surface area contributed by atoms with Crippen LogP contribution in [0.5, 0.6) is 0 Å². The molecule has 5 nitrogen and oxygen atoms in total. The molecule has 0 radical (unpaired) electrons. The average molecular weight is 353 g/mol. The van der Waals surface area contributed by atoms with Crippen LogP contribution in [0, 0.1) is 12.8 Å². The highest BCUT2D eigenvalue weighted by Gasteiger charge is 2.26. The maximum Gasteiger partial charge on any atom is 0.226 e. The molecular formula is C15H17BrN2O3. The molecule has 1 aliphatic heterocycles. The van der Waals surface area contributed by atoms with Gasteiger partial charge >= 0.3 is 0 Å². The van der Waals surface area contributed by atoms with Crippen molar-refractivity contribution >= 4 is 33.7 Å². The van der Waals surface area contributed by atoms with Crippen LogP contribution in [0.2, 0.25) is 0 Å². The van der Waals surface area contributed by atoms with Gasteiger partial charge in [0.25, 0.3) is 0 Å². The molecule has 1 aromatic carbocycles. The van der Waals surface area contributed by atoms with Crippen molar-refractivity contribution in [2.45, 2.75) is 32.7 Å². The first-order valence-corrected chi connectivity index (χ1v) is 7.57. The quantitative estimate of drug-likeness (QED) is 0.811. The van der Waals surface area contributed by atoms with Crippen molar-refractivity contribution in [3.8, 4) is 0 Å². The molecule has 0 aliphatic carbocycles. The molecule has 1 fully saturated rings. The molecular weight excluding hydrogens is 336 g/mol. The lowest BCUT2D eigenvalue weighted by Crippen LogP contribution is -2.40. The number of nitrogens with one attached hydrogen (secondary N) is 2. The van der Waals surface area contributed by atoms with Crippen LogP contribution in [0.25, 0.3) is 0 Å². The highest BCUT2D eigenvalue weighted by Crippen LogP contribution is 2.18. The van der Waals surface area contributed by atoms with Crippen LogP contribution in [0.1, 0.15) is 30.4 Å². The van der Waals surface area contributed by atoms with E-state index in [1.807, 2.05) is 25.1 Å². The fourth-order valence-electron chi connectivity index (χ4n) is 2.35. The number of imide groups is 1. The van der Waals surface area contributed by atoms with E-state index in [2.05, 4.69) is 26.6 Å².